The number of benzene rings is 2. The van der Waals surface area contributed by atoms with Crippen molar-refractivity contribution in [2.24, 2.45) is 13.0 Å². The summed E-state index contributed by atoms with van der Waals surface area (Å²) < 4.78 is 8.31. The van der Waals surface area contributed by atoms with Crippen LogP contribution in [0.4, 0.5) is 0 Å². The number of aliphatic hydroxyl groups is 1. The predicted octanol–water partition coefficient (Wildman–Crippen LogP) is 2.72. The van der Waals surface area contributed by atoms with Crippen molar-refractivity contribution in [1.29, 1.82) is 0 Å². The number of methoxy groups -OCH3 is 1. The fraction of sp³-hybridized carbons (Fsp3) is 0.423. The maximum atomic E-state index is 13.5. The summed E-state index contributed by atoms with van der Waals surface area (Å²) in [4.78, 5) is 40.6. The maximum absolute atomic E-state index is 13.5. The summed E-state index contributed by atoms with van der Waals surface area (Å²) >= 11 is 0. The molecule has 1 aliphatic carbocycles. The number of imide groups is 1. The van der Waals surface area contributed by atoms with E-state index in [1.807, 2.05) is 30.3 Å². The van der Waals surface area contributed by atoms with Crippen LogP contribution in [-0.2, 0) is 23.2 Å². The molecule has 1 saturated heterocycles. The van der Waals surface area contributed by atoms with Crippen LogP contribution in [0, 0.1) is 5.92 Å². The molecule has 1 atom stereocenters. The number of ether oxygens (including phenoxy) is 1. The first-order valence-electron chi connectivity index (χ1n) is 11.7. The number of fused-ring (bicyclic) bond motifs is 1. The van der Waals surface area contributed by atoms with E-state index in [1.54, 1.807) is 35.4 Å². The number of aromatic nitrogens is 2. The number of nitrogens with zero attached hydrogens (tertiary/aromatic N) is 3. The van der Waals surface area contributed by atoms with Gasteiger partial charge in [0.05, 0.1) is 24.7 Å². The number of hydrogen-bond acceptors (Lipinski definition) is 5. The van der Waals surface area contributed by atoms with Crippen LogP contribution in [0.15, 0.2) is 47.3 Å². The molecule has 34 heavy (non-hydrogen) atoms. The van der Waals surface area contributed by atoms with E-state index in [4.69, 9.17) is 4.74 Å². The third-order valence-corrected chi connectivity index (χ3v) is 7.37. The van der Waals surface area contributed by atoms with E-state index < -0.39 is 6.04 Å². The molecule has 1 N–H and O–H groups in total. The zero-order chi connectivity index (χ0) is 24.0. The van der Waals surface area contributed by atoms with E-state index in [9.17, 15) is 19.5 Å². The lowest BCUT2D eigenvalue weighted by Crippen LogP contribution is -2.47. The Balaban J connectivity index is 1.45. The number of carbonyl (C=O) groups excluding carboxylic acids is 2. The average Bonchev–Trinajstić information content (AvgIpc) is 3.06. The molecule has 1 unspecified atom stereocenters. The lowest BCUT2D eigenvalue weighted by molar-refractivity contribution is -0.151. The van der Waals surface area contributed by atoms with Crippen LogP contribution in [0.1, 0.15) is 48.8 Å². The van der Waals surface area contributed by atoms with E-state index in [-0.39, 0.29) is 37.1 Å². The summed E-state index contributed by atoms with van der Waals surface area (Å²) in [5.74, 6) is 0.858. The lowest BCUT2D eigenvalue weighted by atomic mass is 9.72. The quantitative estimate of drug-likeness (QED) is 0.568. The Kier molecular flexibility index (Phi) is 5.77. The third kappa shape index (κ3) is 3.72. The zero-order valence-electron chi connectivity index (χ0n) is 19.4. The second-order valence-electron chi connectivity index (χ2n) is 9.40. The Hall–Kier alpha value is -3.39. The molecule has 1 aliphatic heterocycles. The van der Waals surface area contributed by atoms with Gasteiger partial charge in [0.1, 0.15) is 11.8 Å². The van der Waals surface area contributed by atoms with Crippen molar-refractivity contribution >= 4 is 22.8 Å². The van der Waals surface area contributed by atoms with Gasteiger partial charge in [-0.1, -0.05) is 18.2 Å². The molecule has 2 aliphatic rings. The fourth-order valence-electron chi connectivity index (χ4n) is 5.23. The Morgan fingerprint density at radius 1 is 1.03 bits per heavy atom. The van der Waals surface area contributed by atoms with E-state index in [0.29, 0.717) is 29.5 Å². The van der Waals surface area contributed by atoms with Gasteiger partial charge >= 0.3 is 5.69 Å². The van der Waals surface area contributed by atoms with Crippen molar-refractivity contribution in [3.63, 3.8) is 0 Å². The van der Waals surface area contributed by atoms with Gasteiger partial charge in [-0.3, -0.25) is 23.6 Å². The van der Waals surface area contributed by atoms with E-state index in [1.165, 1.54) is 4.90 Å². The van der Waals surface area contributed by atoms with Crippen LogP contribution in [0.2, 0.25) is 0 Å². The topological polar surface area (TPSA) is 93.8 Å². The molecule has 8 heteroatoms. The van der Waals surface area contributed by atoms with Crippen molar-refractivity contribution in [3.05, 3.63) is 64.1 Å². The highest BCUT2D eigenvalue weighted by atomic mass is 16.5. The molecule has 3 aromatic rings. The molecule has 2 aromatic carbocycles. The van der Waals surface area contributed by atoms with Gasteiger partial charge in [0.25, 0.3) is 5.91 Å². The molecule has 178 valence electrons. The number of carbonyl (C=O) groups is 2. The van der Waals surface area contributed by atoms with Crippen LogP contribution in [-0.4, -0.2) is 44.7 Å². The standard InChI is InChI=1S/C26H29N3O5/c1-27-23-13-18(19-11-17(12-19)15-30)5-8-21(23)29(26(27)33)22-9-10-24(31)28(25(22)32)14-16-3-6-20(34-2)7-4-16/h3-8,13,17,19,22,30H,9-12,14-15H2,1-2H3/t17-,19-,22?. The summed E-state index contributed by atoms with van der Waals surface area (Å²) in [5, 5.41) is 9.32. The Morgan fingerprint density at radius 2 is 1.76 bits per heavy atom. The van der Waals surface area contributed by atoms with Crippen molar-refractivity contribution < 1.29 is 19.4 Å². The van der Waals surface area contributed by atoms with Gasteiger partial charge < -0.3 is 9.84 Å². The number of hydrogen-bond donors (Lipinski definition) is 1. The van der Waals surface area contributed by atoms with Crippen LogP contribution in [0.5, 0.6) is 5.75 Å². The SMILES string of the molecule is COc1ccc(CN2C(=O)CCC(n3c(=O)n(C)c4cc([C@H]5C[C@H](CO)C5)ccc43)C2=O)cc1. The maximum Gasteiger partial charge on any atom is 0.329 e. The molecular formula is C26H29N3O5. The molecule has 0 radical (unpaired) electrons. The highest BCUT2D eigenvalue weighted by Crippen LogP contribution is 2.42. The molecule has 2 fully saturated rings. The first kappa shape index (κ1) is 22.4. The van der Waals surface area contributed by atoms with Crippen molar-refractivity contribution in [2.75, 3.05) is 13.7 Å². The zero-order valence-corrected chi connectivity index (χ0v) is 19.4. The number of piperidine rings is 1. The third-order valence-electron chi connectivity index (χ3n) is 7.37. The van der Waals surface area contributed by atoms with Gasteiger partial charge in [0.15, 0.2) is 0 Å². The van der Waals surface area contributed by atoms with Gasteiger partial charge in [-0.25, -0.2) is 4.79 Å². The van der Waals surface area contributed by atoms with Crippen molar-refractivity contribution in [3.8, 4) is 5.75 Å². The molecule has 5 rings (SSSR count). The summed E-state index contributed by atoms with van der Waals surface area (Å²) in [6.07, 6.45) is 2.40. The predicted molar refractivity (Wildman–Crippen MR) is 127 cm³/mol. The van der Waals surface area contributed by atoms with Crippen LogP contribution in [0.3, 0.4) is 0 Å². The highest BCUT2D eigenvalue weighted by Gasteiger charge is 2.37. The van der Waals surface area contributed by atoms with Gasteiger partial charge in [-0.2, -0.15) is 0 Å². The molecule has 2 amide bonds. The molecule has 2 heterocycles. The van der Waals surface area contributed by atoms with E-state index >= 15 is 0 Å². The molecule has 0 spiro atoms. The second kappa shape index (κ2) is 8.76. The number of imidazole rings is 1. The van der Waals surface area contributed by atoms with Crippen LogP contribution in [0.25, 0.3) is 11.0 Å². The van der Waals surface area contributed by atoms with Gasteiger partial charge in [0.2, 0.25) is 5.91 Å². The Labute approximate surface area is 197 Å². The van der Waals surface area contributed by atoms with Gasteiger partial charge in [-0.05, 0) is 66.5 Å². The minimum atomic E-state index is -0.722. The van der Waals surface area contributed by atoms with Crippen LogP contribution < -0.4 is 10.4 Å². The minimum absolute atomic E-state index is 0.162. The fourth-order valence-corrected chi connectivity index (χ4v) is 5.23. The summed E-state index contributed by atoms with van der Waals surface area (Å²) in [6.45, 7) is 0.374. The molecule has 1 aromatic heterocycles. The Bertz CT molecular complexity index is 1300. The first-order chi connectivity index (χ1) is 16.4. The number of likely N-dealkylation sites (tertiary alicyclic amines) is 1. The highest BCUT2D eigenvalue weighted by molar-refractivity contribution is 6.00. The number of aryl methyl sites for hydroxylation is 1. The smallest absolute Gasteiger partial charge is 0.329 e. The van der Waals surface area contributed by atoms with Crippen molar-refractivity contribution in [2.45, 2.75) is 44.2 Å². The largest absolute Gasteiger partial charge is 0.497 e. The molecule has 0 bridgehead atoms. The first-order valence-corrected chi connectivity index (χ1v) is 11.7. The lowest BCUT2D eigenvalue weighted by Gasteiger charge is -2.34. The van der Waals surface area contributed by atoms with Gasteiger partial charge in [-0.15, -0.1) is 0 Å². The number of amides is 2. The summed E-state index contributed by atoms with van der Waals surface area (Å²) in [5.41, 5.74) is 3.19. The van der Waals surface area contributed by atoms with Crippen molar-refractivity contribution in [1.82, 2.24) is 14.0 Å². The summed E-state index contributed by atoms with van der Waals surface area (Å²) in [7, 11) is 3.30. The monoisotopic (exact) mass is 463 g/mol. The van der Waals surface area contributed by atoms with Gasteiger partial charge in [0, 0.05) is 20.1 Å². The van der Waals surface area contributed by atoms with Crippen LogP contribution >= 0.6 is 0 Å². The van der Waals surface area contributed by atoms with E-state index in [0.717, 1.165) is 29.5 Å². The normalized spacial score (nSPS) is 22.8. The molecular weight excluding hydrogens is 434 g/mol. The van der Waals surface area contributed by atoms with E-state index in [2.05, 4.69) is 0 Å². The second-order valence-corrected chi connectivity index (χ2v) is 9.40. The average molecular weight is 464 g/mol. The molecule has 8 nitrogen and oxygen atoms in total. The number of aliphatic hydroxyl groups excluding tert-OH is 1. The Morgan fingerprint density at radius 3 is 2.44 bits per heavy atom. The number of rotatable bonds is 6. The molecule has 1 saturated carbocycles. The summed E-state index contributed by atoms with van der Waals surface area (Å²) in [6, 6.07) is 12.5. The minimum Gasteiger partial charge on any atom is -0.497 e.